The smallest absolute Gasteiger partial charge is 0.417 e. The first-order chi connectivity index (χ1) is 22.7. The molecule has 0 saturated carbocycles. The highest BCUT2D eigenvalue weighted by Gasteiger charge is 2.36. The molecule has 12 nitrogen and oxygen atoms in total. The Morgan fingerprint density at radius 3 is 2.46 bits per heavy atom. The Hall–Kier alpha value is -4.83. The number of alkyl halides is 3. The minimum absolute atomic E-state index is 0.0775. The molecule has 0 spiro atoms. The number of carbonyl (C=O) groups excluding carboxylic acids is 4. The first-order valence-electron chi connectivity index (χ1n) is 14.6. The lowest BCUT2D eigenvalue weighted by Gasteiger charge is -2.34. The van der Waals surface area contributed by atoms with Gasteiger partial charge >= 0.3 is 12.3 Å². The molecule has 3 amide bonds. The zero-order valence-corrected chi connectivity index (χ0v) is 27.6. The van der Waals surface area contributed by atoms with Gasteiger partial charge in [-0.25, -0.2) is 19.2 Å². The Morgan fingerprint density at radius 1 is 1.17 bits per heavy atom. The molecule has 0 saturated heterocycles. The zero-order valence-electron chi connectivity index (χ0n) is 26.0. The summed E-state index contributed by atoms with van der Waals surface area (Å²) in [7, 11) is 1.22. The number of nitrogens with zero attached hydrogens (tertiary/aromatic N) is 4. The number of ketones is 1. The Kier molecular flexibility index (Phi) is 11.2. The fourth-order valence-corrected chi connectivity index (χ4v) is 5.45. The van der Waals surface area contributed by atoms with Gasteiger partial charge in [-0.3, -0.25) is 19.2 Å². The van der Waals surface area contributed by atoms with Crippen molar-refractivity contribution in [2.75, 3.05) is 32.1 Å². The van der Waals surface area contributed by atoms with E-state index in [-0.39, 0.29) is 72.1 Å². The number of carbonyl (C=O) groups is 4. The Balaban J connectivity index is 1.62. The molecule has 1 aromatic heterocycles. The molecular weight excluding hydrogens is 701 g/mol. The van der Waals surface area contributed by atoms with E-state index in [4.69, 9.17) is 10.5 Å². The van der Waals surface area contributed by atoms with Crippen LogP contribution in [0.4, 0.5) is 23.9 Å². The molecule has 1 aliphatic heterocycles. The molecule has 254 valence electrons. The zero-order chi connectivity index (χ0) is 35.3. The van der Waals surface area contributed by atoms with Crippen molar-refractivity contribution in [2.45, 2.75) is 38.5 Å². The Morgan fingerprint density at radius 2 is 1.83 bits per heavy atom. The van der Waals surface area contributed by atoms with Crippen molar-refractivity contribution in [2.24, 2.45) is 5.73 Å². The number of ether oxygens (including phenoxy) is 1. The molecule has 0 aliphatic carbocycles. The maximum absolute atomic E-state index is 13.9. The van der Waals surface area contributed by atoms with Gasteiger partial charge in [-0.15, -0.1) is 6.58 Å². The van der Waals surface area contributed by atoms with Gasteiger partial charge in [-0.05, 0) is 55.8 Å². The summed E-state index contributed by atoms with van der Waals surface area (Å²) < 4.78 is 46.6. The number of aromatic nitrogens is 2. The van der Waals surface area contributed by atoms with E-state index in [1.165, 1.54) is 52.9 Å². The minimum Gasteiger partial charge on any atom is -0.449 e. The van der Waals surface area contributed by atoms with E-state index in [0.29, 0.717) is 11.3 Å². The van der Waals surface area contributed by atoms with E-state index < -0.39 is 41.2 Å². The average molecular weight is 734 g/mol. The SMILES string of the molecule is C=CCNc1nc2c(c(=O)n1-c1ccc(C(=O)N(C)C(=O)OCCC(=O)CN)cc1)C[C@@H](C)N(C(=O)c1ccc(Br)c(C(F)(F)F)c1)C2. The summed E-state index contributed by atoms with van der Waals surface area (Å²) >= 11 is 2.89. The summed E-state index contributed by atoms with van der Waals surface area (Å²) in [5.41, 5.74) is 4.70. The van der Waals surface area contributed by atoms with Gasteiger partial charge in [0.15, 0.2) is 0 Å². The molecule has 1 atom stereocenters. The fraction of sp³-hybridized carbons (Fsp3) is 0.312. The molecule has 3 N–H and O–H groups in total. The third-order valence-corrected chi connectivity index (χ3v) is 8.27. The van der Waals surface area contributed by atoms with Crippen molar-refractivity contribution >= 4 is 45.6 Å². The summed E-state index contributed by atoms with van der Waals surface area (Å²) in [6.45, 7) is 5.04. The quantitative estimate of drug-likeness (QED) is 0.290. The summed E-state index contributed by atoms with van der Waals surface area (Å²) in [4.78, 5) is 70.6. The van der Waals surface area contributed by atoms with Crippen LogP contribution >= 0.6 is 15.9 Å². The number of amides is 3. The van der Waals surface area contributed by atoms with Crippen LogP contribution in [0.1, 0.15) is 50.9 Å². The highest BCUT2D eigenvalue weighted by atomic mass is 79.9. The minimum atomic E-state index is -4.67. The maximum atomic E-state index is 13.9. The number of halogens is 4. The number of anilines is 1. The molecule has 48 heavy (non-hydrogen) atoms. The highest BCUT2D eigenvalue weighted by Crippen LogP contribution is 2.36. The van der Waals surface area contributed by atoms with Crippen LogP contribution in [0, 0.1) is 0 Å². The molecular formula is C32H32BrF3N6O6. The van der Waals surface area contributed by atoms with Crippen LogP contribution in [0.3, 0.4) is 0 Å². The second kappa shape index (κ2) is 14.9. The molecule has 3 aromatic rings. The number of nitrogens with two attached hydrogens (primary N) is 1. The van der Waals surface area contributed by atoms with Crippen molar-refractivity contribution in [3.05, 3.63) is 97.9 Å². The van der Waals surface area contributed by atoms with Crippen molar-refractivity contribution in [1.82, 2.24) is 19.4 Å². The summed E-state index contributed by atoms with van der Waals surface area (Å²) in [5.74, 6) is -1.53. The lowest BCUT2D eigenvalue weighted by molar-refractivity contribution is -0.138. The molecule has 16 heteroatoms. The van der Waals surface area contributed by atoms with Crippen LogP contribution in [0.2, 0.25) is 0 Å². The van der Waals surface area contributed by atoms with Gasteiger partial charge in [0.05, 0.1) is 30.0 Å². The normalized spacial score (nSPS) is 14.1. The molecule has 0 unspecified atom stereocenters. The number of imide groups is 1. The Labute approximate surface area is 281 Å². The summed E-state index contributed by atoms with van der Waals surface area (Å²) in [6, 6.07) is 8.53. The maximum Gasteiger partial charge on any atom is 0.417 e. The van der Waals surface area contributed by atoms with Crippen molar-refractivity contribution < 1.29 is 37.1 Å². The highest BCUT2D eigenvalue weighted by molar-refractivity contribution is 9.10. The third-order valence-electron chi connectivity index (χ3n) is 7.58. The van der Waals surface area contributed by atoms with E-state index in [0.717, 1.165) is 11.0 Å². The van der Waals surface area contributed by atoms with E-state index in [1.54, 1.807) is 13.0 Å². The van der Waals surface area contributed by atoms with Crippen molar-refractivity contribution in [3.8, 4) is 5.69 Å². The predicted molar refractivity (Wildman–Crippen MR) is 173 cm³/mol. The van der Waals surface area contributed by atoms with Crippen LogP contribution in [0.25, 0.3) is 5.69 Å². The predicted octanol–water partition coefficient (Wildman–Crippen LogP) is 4.33. The summed E-state index contributed by atoms with van der Waals surface area (Å²) in [6.07, 6.45) is -4.08. The van der Waals surface area contributed by atoms with Gasteiger partial charge in [0, 0.05) is 47.2 Å². The van der Waals surface area contributed by atoms with E-state index in [2.05, 4.69) is 32.8 Å². The van der Waals surface area contributed by atoms with Crippen molar-refractivity contribution in [1.29, 1.82) is 0 Å². The number of fused-ring (bicyclic) bond motifs is 1. The first-order valence-corrected chi connectivity index (χ1v) is 15.4. The van der Waals surface area contributed by atoms with Crippen LogP contribution in [-0.2, 0) is 28.7 Å². The second-order valence-corrected chi connectivity index (χ2v) is 11.7. The molecule has 2 heterocycles. The molecule has 0 radical (unpaired) electrons. The van der Waals surface area contributed by atoms with Gasteiger partial charge in [-0.2, -0.15) is 13.2 Å². The second-order valence-electron chi connectivity index (χ2n) is 10.9. The molecule has 0 fully saturated rings. The lowest BCUT2D eigenvalue weighted by atomic mass is 9.98. The number of hydrogen-bond donors (Lipinski definition) is 2. The van der Waals surface area contributed by atoms with Crippen LogP contribution in [-0.4, -0.2) is 75.8 Å². The summed E-state index contributed by atoms with van der Waals surface area (Å²) in [5, 5.41) is 3.00. The van der Waals surface area contributed by atoms with Crippen molar-refractivity contribution in [3.63, 3.8) is 0 Å². The monoisotopic (exact) mass is 732 g/mol. The van der Waals surface area contributed by atoms with Gasteiger partial charge in [0.2, 0.25) is 5.95 Å². The Bertz CT molecular complexity index is 1810. The number of nitrogens with one attached hydrogen (secondary N) is 1. The fourth-order valence-electron chi connectivity index (χ4n) is 4.97. The topological polar surface area (TPSA) is 157 Å². The van der Waals surface area contributed by atoms with E-state index in [1.807, 2.05) is 0 Å². The standard InChI is InChI=1S/C32H32BrF3N6O6/c1-4-12-38-30-39-26-17-41(28(45)20-7-10-25(33)24(15-20)32(34,35)36)18(2)14-23(26)29(46)42(30)21-8-5-19(6-9-21)27(44)40(3)31(47)48-13-11-22(43)16-37/h4-10,15,18H,1,11-14,16-17,37H2,2-3H3,(H,38,39)/t18-/m1/s1. The van der Waals surface area contributed by atoms with Crippen LogP contribution < -0.4 is 16.6 Å². The van der Waals surface area contributed by atoms with E-state index >= 15 is 0 Å². The number of rotatable bonds is 10. The number of hydrogen-bond acceptors (Lipinski definition) is 9. The third kappa shape index (κ3) is 7.82. The van der Waals surface area contributed by atoms with Gasteiger partial charge in [-0.1, -0.05) is 22.0 Å². The van der Waals surface area contributed by atoms with Gasteiger partial charge < -0.3 is 20.7 Å². The molecule has 4 rings (SSSR count). The number of benzene rings is 2. The average Bonchev–Trinajstić information content (AvgIpc) is 3.06. The lowest BCUT2D eigenvalue weighted by Crippen LogP contribution is -2.46. The van der Waals surface area contributed by atoms with Gasteiger partial charge in [0.25, 0.3) is 17.4 Å². The van der Waals surface area contributed by atoms with Gasteiger partial charge in [0.1, 0.15) is 12.4 Å². The van der Waals surface area contributed by atoms with E-state index in [9.17, 15) is 37.1 Å². The number of Topliss-reactive ketones (excluding diaryl/α,β-unsaturated/α-hetero) is 1. The van der Waals surface area contributed by atoms with Crippen LogP contribution in [0.5, 0.6) is 0 Å². The first kappa shape index (κ1) is 36.0. The largest absolute Gasteiger partial charge is 0.449 e. The van der Waals surface area contributed by atoms with Crippen LogP contribution in [0.15, 0.2) is 64.4 Å². The molecule has 1 aliphatic rings. The molecule has 0 bridgehead atoms. The molecule has 2 aromatic carbocycles.